The summed E-state index contributed by atoms with van der Waals surface area (Å²) in [6.45, 7) is 2.40. The van der Waals surface area contributed by atoms with Crippen molar-refractivity contribution in [2.24, 2.45) is 5.73 Å². The fourth-order valence-electron chi connectivity index (χ4n) is 1.49. The summed E-state index contributed by atoms with van der Waals surface area (Å²) in [4.78, 5) is 20.0. The maximum atomic E-state index is 11.8. The van der Waals surface area contributed by atoms with Crippen molar-refractivity contribution in [3.8, 4) is 0 Å². The summed E-state index contributed by atoms with van der Waals surface area (Å²) in [5.41, 5.74) is 5.61. The summed E-state index contributed by atoms with van der Waals surface area (Å²) in [5, 5.41) is 0.199. The molecule has 1 heterocycles. The van der Waals surface area contributed by atoms with Crippen LogP contribution in [0.2, 0.25) is 5.02 Å². The molecule has 5 nitrogen and oxygen atoms in total. The van der Waals surface area contributed by atoms with Gasteiger partial charge in [0.2, 0.25) is 0 Å². The molecule has 1 aromatic rings. The predicted molar refractivity (Wildman–Crippen MR) is 67.3 cm³/mol. The third kappa shape index (κ3) is 2.79. The van der Waals surface area contributed by atoms with Crippen LogP contribution in [0.15, 0.2) is 6.20 Å². The quantitative estimate of drug-likeness (QED) is 0.654. The van der Waals surface area contributed by atoms with E-state index in [1.54, 1.807) is 0 Å². The Balaban J connectivity index is 2.13. The van der Waals surface area contributed by atoms with Gasteiger partial charge in [-0.3, -0.25) is 0 Å². The van der Waals surface area contributed by atoms with Gasteiger partial charge in [0, 0.05) is 0 Å². The van der Waals surface area contributed by atoms with Gasteiger partial charge < -0.3 is 10.5 Å². The molecule has 1 aromatic heterocycles. The van der Waals surface area contributed by atoms with Crippen molar-refractivity contribution in [1.29, 1.82) is 0 Å². The Hall–Kier alpha value is -1.20. The van der Waals surface area contributed by atoms with E-state index in [4.69, 9.17) is 22.1 Å². The van der Waals surface area contributed by atoms with E-state index >= 15 is 0 Å². The molecule has 1 aliphatic carbocycles. The van der Waals surface area contributed by atoms with Gasteiger partial charge in [-0.05, 0) is 19.3 Å². The summed E-state index contributed by atoms with van der Waals surface area (Å²) in [5.74, 6) is -0.0457. The molecule has 1 saturated carbocycles. The third-order valence-corrected chi connectivity index (χ3v) is 3.18. The standard InChI is InChI=1S/C12H16ClN3O2/c1-2-3-6-18-10(17)9-8(13)7-15-11(16-9)12(14)4-5-12/h7H,2-6,14H2,1H3. The van der Waals surface area contributed by atoms with Crippen LogP contribution in [0.25, 0.3) is 0 Å². The number of nitrogens with zero attached hydrogens (tertiary/aromatic N) is 2. The Bertz CT molecular complexity index is 461. The van der Waals surface area contributed by atoms with Gasteiger partial charge in [-0.2, -0.15) is 0 Å². The van der Waals surface area contributed by atoms with Gasteiger partial charge in [-0.15, -0.1) is 0 Å². The first-order valence-corrected chi connectivity index (χ1v) is 6.43. The maximum Gasteiger partial charge on any atom is 0.358 e. The molecule has 0 spiro atoms. The van der Waals surface area contributed by atoms with E-state index in [2.05, 4.69) is 9.97 Å². The number of hydrogen-bond acceptors (Lipinski definition) is 5. The molecule has 1 fully saturated rings. The minimum Gasteiger partial charge on any atom is -0.461 e. The van der Waals surface area contributed by atoms with Crippen molar-refractivity contribution in [3.63, 3.8) is 0 Å². The van der Waals surface area contributed by atoms with E-state index in [1.165, 1.54) is 6.20 Å². The molecule has 0 saturated heterocycles. The first-order chi connectivity index (χ1) is 8.57. The number of hydrogen-bond donors (Lipinski definition) is 1. The van der Waals surface area contributed by atoms with E-state index < -0.39 is 11.5 Å². The van der Waals surface area contributed by atoms with Gasteiger partial charge in [0.05, 0.1) is 23.4 Å². The Morgan fingerprint density at radius 2 is 2.33 bits per heavy atom. The lowest BCUT2D eigenvalue weighted by molar-refractivity contribution is 0.0492. The van der Waals surface area contributed by atoms with E-state index in [0.717, 1.165) is 25.7 Å². The molecule has 0 atom stereocenters. The van der Waals surface area contributed by atoms with Gasteiger partial charge in [0.25, 0.3) is 0 Å². The van der Waals surface area contributed by atoms with E-state index in [-0.39, 0.29) is 10.7 Å². The average molecular weight is 270 g/mol. The van der Waals surface area contributed by atoms with E-state index in [9.17, 15) is 4.79 Å². The molecular weight excluding hydrogens is 254 g/mol. The van der Waals surface area contributed by atoms with Crippen molar-refractivity contribution in [2.45, 2.75) is 38.1 Å². The lowest BCUT2D eigenvalue weighted by Gasteiger charge is -2.09. The SMILES string of the molecule is CCCCOC(=O)c1nc(C2(N)CC2)ncc1Cl. The van der Waals surface area contributed by atoms with Crippen molar-refractivity contribution >= 4 is 17.6 Å². The van der Waals surface area contributed by atoms with Gasteiger partial charge in [-0.25, -0.2) is 14.8 Å². The Morgan fingerprint density at radius 3 is 2.94 bits per heavy atom. The van der Waals surface area contributed by atoms with Gasteiger partial charge >= 0.3 is 5.97 Å². The minimum atomic E-state index is -0.513. The highest BCUT2D eigenvalue weighted by atomic mass is 35.5. The van der Waals surface area contributed by atoms with Gasteiger partial charge in [0.1, 0.15) is 5.82 Å². The zero-order valence-electron chi connectivity index (χ0n) is 10.3. The van der Waals surface area contributed by atoms with Crippen LogP contribution in [-0.2, 0) is 10.3 Å². The molecule has 0 aliphatic heterocycles. The number of ether oxygens (including phenoxy) is 1. The summed E-state index contributed by atoms with van der Waals surface area (Å²) in [6.07, 6.45) is 4.86. The first-order valence-electron chi connectivity index (χ1n) is 6.06. The Labute approximate surface area is 111 Å². The predicted octanol–water partition coefficient (Wildman–Crippen LogP) is 2.03. The number of esters is 1. The van der Waals surface area contributed by atoms with Crippen molar-refractivity contribution in [1.82, 2.24) is 9.97 Å². The highest BCUT2D eigenvalue weighted by molar-refractivity contribution is 6.33. The van der Waals surface area contributed by atoms with Crippen molar-refractivity contribution in [2.75, 3.05) is 6.61 Å². The molecule has 6 heteroatoms. The molecular formula is C12H16ClN3O2. The Morgan fingerprint density at radius 1 is 1.61 bits per heavy atom. The van der Waals surface area contributed by atoms with Crippen LogP contribution >= 0.6 is 11.6 Å². The molecule has 0 unspecified atom stereocenters. The molecule has 98 valence electrons. The number of carbonyl (C=O) groups is 1. The first kappa shape index (κ1) is 13.2. The third-order valence-electron chi connectivity index (χ3n) is 2.90. The number of rotatable bonds is 5. The monoisotopic (exact) mass is 269 g/mol. The lowest BCUT2D eigenvalue weighted by Crippen LogP contribution is -2.24. The van der Waals surface area contributed by atoms with Gasteiger partial charge in [-0.1, -0.05) is 24.9 Å². The van der Waals surface area contributed by atoms with E-state index in [1.807, 2.05) is 6.92 Å². The van der Waals surface area contributed by atoms with Crippen molar-refractivity contribution < 1.29 is 9.53 Å². The van der Waals surface area contributed by atoms with Gasteiger partial charge in [0.15, 0.2) is 5.69 Å². The number of aromatic nitrogens is 2. The summed E-state index contributed by atoms with van der Waals surface area (Å²) in [7, 11) is 0. The molecule has 0 aromatic carbocycles. The largest absolute Gasteiger partial charge is 0.461 e. The lowest BCUT2D eigenvalue weighted by atomic mass is 10.2. The van der Waals surface area contributed by atoms with Crippen LogP contribution in [-0.4, -0.2) is 22.5 Å². The Kier molecular flexibility index (Phi) is 3.82. The smallest absolute Gasteiger partial charge is 0.358 e. The number of unbranched alkanes of at least 4 members (excludes halogenated alkanes) is 1. The molecule has 18 heavy (non-hydrogen) atoms. The normalized spacial score (nSPS) is 16.4. The second kappa shape index (κ2) is 5.20. The topological polar surface area (TPSA) is 78.1 Å². The van der Waals surface area contributed by atoms with Crippen molar-refractivity contribution in [3.05, 3.63) is 22.7 Å². The number of nitrogens with two attached hydrogens (primary N) is 1. The summed E-state index contributed by atoms with van der Waals surface area (Å²) < 4.78 is 5.08. The minimum absolute atomic E-state index is 0.106. The second-order valence-corrected chi connectivity index (χ2v) is 4.94. The van der Waals surface area contributed by atoms with Crippen LogP contribution in [0.5, 0.6) is 0 Å². The van der Waals surface area contributed by atoms with Crippen LogP contribution in [0, 0.1) is 0 Å². The fourth-order valence-corrected chi connectivity index (χ4v) is 1.65. The zero-order chi connectivity index (χ0) is 13.2. The number of carbonyl (C=O) groups excluding carboxylic acids is 1. The fraction of sp³-hybridized carbons (Fsp3) is 0.583. The highest BCUT2D eigenvalue weighted by Crippen LogP contribution is 2.40. The average Bonchev–Trinajstić information content (AvgIpc) is 3.09. The van der Waals surface area contributed by atoms with Crippen LogP contribution in [0.3, 0.4) is 0 Å². The molecule has 2 N–H and O–H groups in total. The molecule has 0 amide bonds. The zero-order valence-corrected chi connectivity index (χ0v) is 11.0. The molecule has 1 aliphatic rings. The summed E-state index contributed by atoms with van der Waals surface area (Å²) in [6, 6.07) is 0. The maximum absolute atomic E-state index is 11.8. The highest BCUT2D eigenvalue weighted by Gasteiger charge is 2.43. The summed E-state index contributed by atoms with van der Waals surface area (Å²) >= 11 is 5.91. The second-order valence-electron chi connectivity index (χ2n) is 4.54. The number of halogens is 1. The van der Waals surface area contributed by atoms with Crippen LogP contribution in [0.1, 0.15) is 48.9 Å². The molecule has 2 rings (SSSR count). The van der Waals surface area contributed by atoms with Crippen LogP contribution in [0.4, 0.5) is 0 Å². The van der Waals surface area contributed by atoms with Crippen LogP contribution < -0.4 is 5.73 Å². The molecule has 0 radical (unpaired) electrons. The van der Waals surface area contributed by atoms with E-state index in [0.29, 0.717) is 12.4 Å². The molecule has 0 bridgehead atoms.